The van der Waals surface area contributed by atoms with E-state index in [0.717, 1.165) is 17.0 Å². The van der Waals surface area contributed by atoms with E-state index < -0.39 is 39.2 Å². The van der Waals surface area contributed by atoms with Crippen LogP contribution in [0.4, 0.5) is 10.5 Å². The maximum atomic E-state index is 12.3. The highest BCUT2D eigenvalue weighted by atomic mass is 32.2. The number of imide groups is 1. The minimum absolute atomic E-state index is 0.0156. The topological polar surface area (TPSA) is 147 Å². The van der Waals surface area contributed by atoms with E-state index in [2.05, 4.69) is 0 Å². The van der Waals surface area contributed by atoms with Crippen molar-refractivity contribution in [1.82, 2.24) is 4.90 Å². The molecular formula is C15H14N2O8S. The first-order valence-corrected chi connectivity index (χ1v) is 8.11. The number of amides is 2. The number of nitro groups is 1. The first kappa shape index (κ1) is 19.2. The fourth-order valence-electron chi connectivity index (χ4n) is 2.13. The Labute approximate surface area is 151 Å². The molecule has 10 nitrogen and oxygen atoms in total. The van der Waals surface area contributed by atoms with Gasteiger partial charge in [-0.05, 0) is 35.9 Å². The smallest absolute Gasteiger partial charge is 0.315 e. The molecule has 26 heavy (non-hydrogen) atoms. The molecule has 2 rings (SSSR count). The first-order valence-electron chi connectivity index (χ1n) is 7.29. The number of thioether (sulfide) groups is 1. The largest absolute Gasteiger partial charge is 0.504 e. The third-order valence-electron chi connectivity index (χ3n) is 3.29. The number of carbonyl (C=O) groups is 3. The van der Waals surface area contributed by atoms with Crippen molar-refractivity contribution in [3.05, 3.63) is 32.7 Å². The van der Waals surface area contributed by atoms with Gasteiger partial charge >= 0.3 is 11.7 Å². The molecule has 1 heterocycles. The van der Waals surface area contributed by atoms with Gasteiger partial charge in [0.05, 0.1) is 16.4 Å². The third kappa shape index (κ3) is 4.30. The highest BCUT2D eigenvalue weighted by Crippen LogP contribution is 2.38. The lowest BCUT2D eigenvalue weighted by molar-refractivity contribution is -0.386. The first-order chi connectivity index (χ1) is 12.2. The molecule has 1 saturated heterocycles. The molecule has 1 aromatic rings. The van der Waals surface area contributed by atoms with E-state index in [9.17, 15) is 34.7 Å². The van der Waals surface area contributed by atoms with E-state index in [1.807, 2.05) is 0 Å². The van der Waals surface area contributed by atoms with E-state index in [4.69, 9.17) is 4.74 Å². The van der Waals surface area contributed by atoms with Crippen LogP contribution in [-0.2, 0) is 14.3 Å². The average molecular weight is 382 g/mol. The number of hydrogen-bond acceptors (Lipinski definition) is 9. The number of benzene rings is 1. The Hall–Kier alpha value is -3.08. The van der Waals surface area contributed by atoms with Gasteiger partial charge in [-0.25, -0.2) is 0 Å². The fraction of sp³-hybridized carbons (Fsp3) is 0.267. The number of aromatic hydroxyl groups is 2. The van der Waals surface area contributed by atoms with Crippen LogP contribution in [-0.4, -0.2) is 50.3 Å². The van der Waals surface area contributed by atoms with Gasteiger partial charge in [-0.15, -0.1) is 0 Å². The lowest BCUT2D eigenvalue weighted by Gasteiger charge is -2.11. The summed E-state index contributed by atoms with van der Waals surface area (Å²) in [5.41, 5.74) is -0.644. The number of esters is 1. The van der Waals surface area contributed by atoms with Gasteiger partial charge < -0.3 is 14.9 Å². The number of phenolic OH excluding ortho intramolecular Hbond substituents is 2. The Morgan fingerprint density at radius 3 is 2.69 bits per heavy atom. The average Bonchev–Trinajstić information content (AvgIpc) is 2.81. The van der Waals surface area contributed by atoms with Gasteiger partial charge in [-0.3, -0.25) is 29.4 Å². The minimum Gasteiger partial charge on any atom is -0.504 e. The molecule has 1 aliphatic rings. The maximum absolute atomic E-state index is 12.3. The van der Waals surface area contributed by atoms with Crippen molar-refractivity contribution >= 4 is 40.6 Å². The van der Waals surface area contributed by atoms with Crippen molar-refractivity contribution in [1.29, 1.82) is 0 Å². The van der Waals surface area contributed by atoms with E-state index in [1.165, 1.54) is 13.0 Å². The molecule has 0 bridgehead atoms. The molecule has 0 spiro atoms. The SMILES string of the molecule is CC(=O)OCCCN1C(=O)S/C(=C\c2cc(O)c(O)c([N+](=O)[O-])c2)C1=O. The van der Waals surface area contributed by atoms with Crippen molar-refractivity contribution in [2.75, 3.05) is 13.2 Å². The Morgan fingerprint density at radius 1 is 1.38 bits per heavy atom. The molecule has 0 unspecified atom stereocenters. The minimum atomic E-state index is -0.884. The lowest BCUT2D eigenvalue weighted by Crippen LogP contribution is -2.30. The Balaban J connectivity index is 2.17. The van der Waals surface area contributed by atoms with Crippen LogP contribution in [0.1, 0.15) is 18.9 Å². The fourth-order valence-corrected chi connectivity index (χ4v) is 3.00. The number of nitrogens with zero attached hydrogens (tertiary/aromatic N) is 2. The zero-order valence-electron chi connectivity index (χ0n) is 13.5. The summed E-state index contributed by atoms with van der Waals surface area (Å²) in [6, 6.07) is 2.01. The molecular weight excluding hydrogens is 368 g/mol. The number of carbonyl (C=O) groups excluding carboxylic acids is 3. The number of rotatable bonds is 6. The van der Waals surface area contributed by atoms with E-state index in [1.54, 1.807) is 0 Å². The molecule has 0 radical (unpaired) electrons. The summed E-state index contributed by atoms with van der Waals surface area (Å²) in [7, 11) is 0. The van der Waals surface area contributed by atoms with Crippen LogP contribution in [0.15, 0.2) is 17.0 Å². The quantitative estimate of drug-likeness (QED) is 0.188. The maximum Gasteiger partial charge on any atom is 0.315 e. The number of nitro benzene ring substituents is 1. The summed E-state index contributed by atoms with van der Waals surface area (Å²) in [5.74, 6) is -2.66. The van der Waals surface area contributed by atoms with E-state index in [0.29, 0.717) is 11.8 Å². The predicted molar refractivity (Wildman–Crippen MR) is 90.4 cm³/mol. The summed E-state index contributed by atoms with van der Waals surface area (Å²) in [6.45, 7) is 1.36. The van der Waals surface area contributed by atoms with Gasteiger partial charge in [-0.2, -0.15) is 0 Å². The third-order valence-corrected chi connectivity index (χ3v) is 4.20. The monoisotopic (exact) mass is 382 g/mol. The van der Waals surface area contributed by atoms with Crippen molar-refractivity contribution in [2.24, 2.45) is 0 Å². The van der Waals surface area contributed by atoms with Crippen LogP contribution in [0.5, 0.6) is 11.5 Å². The molecule has 2 amide bonds. The standard InChI is InChI=1S/C15H14N2O8S/c1-8(18)25-4-2-3-16-14(21)12(26-15(16)22)7-9-5-10(17(23)24)13(20)11(19)6-9/h5-7,19-20H,2-4H2,1H3/b12-7-. The number of phenols is 2. The summed E-state index contributed by atoms with van der Waals surface area (Å²) >= 11 is 0.642. The molecule has 1 fully saturated rings. The zero-order valence-corrected chi connectivity index (χ0v) is 14.3. The van der Waals surface area contributed by atoms with Gasteiger partial charge in [0.2, 0.25) is 5.75 Å². The Morgan fingerprint density at radius 2 is 2.08 bits per heavy atom. The molecule has 0 aromatic heterocycles. The molecule has 1 aromatic carbocycles. The highest BCUT2D eigenvalue weighted by Gasteiger charge is 2.34. The Bertz CT molecular complexity index is 820. The van der Waals surface area contributed by atoms with Crippen molar-refractivity contribution in [3.63, 3.8) is 0 Å². The van der Waals surface area contributed by atoms with E-state index >= 15 is 0 Å². The van der Waals surface area contributed by atoms with Crippen LogP contribution in [0.25, 0.3) is 6.08 Å². The second kappa shape index (κ2) is 7.87. The molecule has 1 aliphatic heterocycles. The van der Waals surface area contributed by atoms with Gasteiger partial charge in [-0.1, -0.05) is 0 Å². The van der Waals surface area contributed by atoms with Crippen LogP contribution < -0.4 is 0 Å². The summed E-state index contributed by atoms with van der Waals surface area (Å²) in [5, 5.41) is 29.4. The molecule has 11 heteroatoms. The normalized spacial score (nSPS) is 15.6. The zero-order chi connectivity index (χ0) is 19.4. The number of hydrogen-bond donors (Lipinski definition) is 2. The number of ether oxygens (including phenoxy) is 1. The van der Waals surface area contributed by atoms with Gasteiger partial charge in [0.15, 0.2) is 5.75 Å². The van der Waals surface area contributed by atoms with Crippen LogP contribution in [0, 0.1) is 10.1 Å². The highest BCUT2D eigenvalue weighted by molar-refractivity contribution is 8.18. The lowest BCUT2D eigenvalue weighted by atomic mass is 10.1. The second-order valence-corrected chi connectivity index (χ2v) is 6.19. The van der Waals surface area contributed by atoms with Crippen molar-refractivity contribution in [2.45, 2.75) is 13.3 Å². The van der Waals surface area contributed by atoms with Crippen LogP contribution >= 0.6 is 11.8 Å². The molecule has 0 aliphatic carbocycles. The predicted octanol–water partition coefficient (Wildman–Crippen LogP) is 2.00. The Kier molecular flexibility index (Phi) is 5.82. The van der Waals surface area contributed by atoms with Gasteiger partial charge in [0.25, 0.3) is 11.1 Å². The van der Waals surface area contributed by atoms with Gasteiger partial charge in [0.1, 0.15) is 0 Å². The second-order valence-electron chi connectivity index (χ2n) is 5.19. The van der Waals surface area contributed by atoms with E-state index in [-0.39, 0.29) is 30.0 Å². The summed E-state index contributed by atoms with van der Waals surface area (Å²) in [6.07, 6.45) is 1.49. The van der Waals surface area contributed by atoms with Gasteiger partial charge in [0, 0.05) is 19.5 Å². The molecule has 138 valence electrons. The van der Waals surface area contributed by atoms with Crippen molar-refractivity contribution in [3.8, 4) is 11.5 Å². The molecule has 2 N–H and O–H groups in total. The van der Waals surface area contributed by atoms with Crippen LogP contribution in [0.2, 0.25) is 0 Å². The molecule has 0 saturated carbocycles. The van der Waals surface area contributed by atoms with Crippen molar-refractivity contribution < 1.29 is 34.3 Å². The van der Waals surface area contributed by atoms with Crippen LogP contribution in [0.3, 0.4) is 0 Å². The summed E-state index contributed by atoms with van der Waals surface area (Å²) < 4.78 is 4.73. The summed E-state index contributed by atoms with van der Waals surface area (Å²) in [4.78, 5) is 45.9. The molecule has 0 atom stereocenters.